The lowest BCUT2D eigenvalue weighted by Gasteiger charge is -2.10. The van der Waals surface area contributed by atoms with Gasteiger partial charge in [-0.15, -0.1) is 0 Å². The van der Waals surface area contributed by atoms with Crippen LogP contribution < -0.4 is 0 Å². The van der Waals surface area contributed by atoms with E-state index >= 15 is 0 Å². The van der Waals surface area contributed by atoms with Crippen LogP contribution in [0, 0.1) is 5.92 Å². The second kappa shape index (κ2) is 4.96. The van der Waals surface area contributed by atoms with Gasteiger partial charge in [0.15, 0.2) is 0 Å². The molecule has 0 radical (unpaired) electrons. The van der Waals surface area contributed by atoms with Crippen molar-refractivity contribution in [2.75, 3.05) is 0 Å². The number of rotatable bonds is 4. The lowest BCUT2D eigenvalue weighted by molar-refractivity contribution is -0.141. The van der Waals surface area contributed by atoms with Crippen molar-refractivity contribution in [2.45, 2.75) is 26.4 Å². The van der Waals surface area contributed by atoms with Gasteiger partial charge in [0.25, 0.3) is 0 Å². The Bertz CT molecular complexity index is 388. The largest absolute Gasteiger partial charge is 0.508 e. The molecule has 1 rings (SSSR count). The van der Waals surface area contributed by atoms with Crippen molar-refractivity contribution in [3.8, 4) is 5.75 Å². The van der Waals surface area contributed by atoms with Crippen LogP contribution in [0.25, 0.3) is 0 Å². The fourth-order valence-electron chi connectivity index (χ4n) is 1.43. The first-order chi connectivity index (χ1) is 7.41. The lowest BCUT2D eigenvalue weighted by Crippen LogP contribution is -2.12. The third kappa shape index (κ3) is 2.95. The fourth-order valence-corrected chi connectivity index (χ4v) is 1.43. The topological polar surface area (TPSA) is 57.5 Å². The summed E-state index contributed by atoms with van der Waals surface area (Å²) in [4.78, 5) is 10.7. The summed E-state index contributed by atoms with van der Waals surface area (Å²) in [6.45, 7) is 2.95. The van der Waals surface area contributed by atoms with Gasteiger partial charge in [0, 0.05) is 0 Å². The zero-order valence-corrected chi connectivity index (χ0v) is 9.27. The van der Waals surface area contributed by atoms with Crippen LogP contribution in [-0.4, -0.2) is 16.2 Å². The summed E-state index contributed by atoms with van der Waals surface area (Å²) >= 11 is 0. The van der Waals surface area contributed by atoms with Gasteiger partial charge in [0.05, 0.1) is 5.92 Å². The molecule has 16 heavy (non-hydrogen) atoms. The Morgan fingerprint density at radius 2 is 2.06 bits per heavy atom. The molecule has 2 N–H and O–H groups in total. The van der Waals surface area contributed by atoms with Crippen LogP contribution >= 0.6 is 0 Å². The van der Waals surface area contributed by atoms with Crippen molar-refractivity contribution in [3.05, 3.63) is 29.3 Å². The highest BCUT2D eigenvalue weighted by molar-refractivity contribution is 5.70. The quantitative estimate of drug-likeness (QED) is 0.829. The molecule has 88 valence electrons. The summed E-state index contributed by atoms with van der Waals surface area (Å²) in [5, 5.41) is 18.3. The number of carboxylic acids is 1. The Balaban J connectivity index is 2.94. The number of hydrogen-bond donors (Lipinski definition) is 2. The van der Waals surface area contributed by atoms with E-state index in [1.165, 1.54) is 25.1 Å². The first kappa shape index (κ1) is 12.5. The Labute approximate surface area is 93.5 Å². The SMILES string of the molecule is CC(Cc1cc(C(C)F)ccc1O)C(=O)O. The van der Waals surface area contributed by atoms with E-state index in [4.69, 9.17) is 5.11 Å². The Kier molecular flexibility index (Phi) is 3.88. The molecule has 2 atom stereocenters. The average molecular weight is 226 g/mol. The zero-order valence-electron chi connectivity index (χ0n) is 9.27. The van der Waals surface area contributed by atoms with Gasteiger partial charge in [-0.05, 0) is 36.6 Å². The minimum Gasteiger partial charge on any atom is -0.508 e. The summed E-state index contributed by atoms with van der Waals surface area (Å²) in [6, 6.07) is 4.41. The predicted molar refractivity (Wildman–Crippen MR) is 58.1 cm³/mol. The number of aromatic hydroxyl groups is 1. The molecule has 1 aromatic rings. The minimum atomic E-state index is -1.13. The zero-order chi connectivity index (χ0) is 12.3. The van der Waals surface area contributed by atoms with Crippen molar-refractivity contribution < 1.29 is 19.4 Å². The van der Waals surface area contributed by atoms with Crippen molar-refractivity contribution in [1.82, 2.24) is 0 Å². The third-order valence-electron chi connectivity index (χ3n) is 2.51. The van der Waals surface area contributed by atoms with E-state index < -0.39 is 18.1 Å². The van der Waals surface area contributed by atoms with Crippen LogP contribution in [0.15, 0.2) is 18.2 Å². The molecule has 0 aliphatic heterocycles. The normalized spacial score (nSPS) is 14.4. The van der Waals surface area contributed by atoms with Crippen LogP contribution in [-0.2, 0) is 11.2 Å². The number of phenolic OH excluding ortho intramolecular Hbond substituents is 1. The summed E-state index contributed by atoms with van der Waals surface area (Å²) in [5.41, 5.74) is 0.919. The monoisotopic (exact) mass is 226 g/mol. The molecule has 0 aliphatic rings. The standard InChI is InChI=1S/C12H15FO3/c1-7(12(15)16)5-10-6-9(8(2)13)3-4-11(10)14/h3-4,6-8,14H,5H2,1-2H3,(H,15,16). The van der Waals surface area contributed by atoms with E-state index in [0.29, 0.717) is 11.1 Å². The lowest BCUT2D eigenvalue weighted by atomic mass is 9.98. The molecular formula is C12H15FO3. The highest BCUT2D eigenvalue weighted by Crippen LogP contribution is 2.26. The number of carboxylic acid groups (broad SMARTS) is 1. The molecule has 0 bridgehead atoms. The van der Waals surface area contributed by atoms with Crippen LogP contribution in [0.2, 0.25) is 0 Å². The summed E-state index contributed by atoms with van der Waals surface area (Å²) in [6.07, 6.45) is -0.929. The van der Waals surface area contributed by atoms with E-state index in [9.17, 15) is 14.3 Å². The first-order valence-corrected chi connectivity index (χ1v) is 5.10. The maximum atomic E-state index is 13.0. The molecule has 0 saturated heterocycles. The van der Waals surface area contributed by atoms with Crippen molar-refractivity contribution in [1.29, 1.82) is 0 Å². The molecule has 0 amide bonds. The Morgan fingerprint density at radius 3 is 2.56 bits per heavy atom. The molecular weight excluding hydrogens is 211 g/mol. The Hall–Kier alpha value is -1.58. The van der Waals surface area contributed by atoms with Crippen LogP contribution in [0.1, 0.15) is 31.1 Å². The molecule has 0 heterocycles. The van der Waals surface area contributed by atoms with E-state index in [1.54, 1.807) is 6.92 Å². The van der Waals surface area contributed by atoms with E-state index in [0.717, 1.165) is 0 Å². The molecule has 0 aliphatic carbocycles. The highest BCUT2D eigenvalue weighted by Gasteiger charge is 2.15. The number of carbonyl (C=O) groups is 1. The number of halogens is 1. The predicted octanol–water partition coefficient (Wildman–Crippen LogP) is 2.69. The molecule has 0 spiro atoms. The number of phenols is 1. The van der Waals surface area contributed by atoms with Gasteiger partial charge >= 0.3 is 5.97 Å². The van der Waals surface area contributed by atoms with Crippen molar-refractivity contribution in [2.24, 2.45) is 5.92 Å². The maximum absolute atomic E-state index is 13.0. The number of hydrogen-bond acceptors (Lipinski definition) is 2. The van der Waals surface area contributed by atoms with Crippen molar-refractivity contribution >= 4 is 5.97 Å². The molecule has 2 unspecified atom stereocenters. The van der Waals surface area contributed by atoms with Gasteiger partial charge in [0.2, 0.25) is 0 Å². The Morgan fingerprint density at radius 1 is 1.44 bits per heavy atom. The van der Waals surface area contributed by atoms with E-state index in [2.05, 4.69) is 0 Å². The molecule has 1 aromatic carbocycles. The molecule has 4 heteroatoms. The average Bonchev–Trinajstić information content (AvgIpc) is 2.20. The van der Waals surface area contributed by atoms with E-state index in [1.807, 2.05) is 0 Å². The minimum absolute atomic E-state index is 0.0116. The number of alkyl halides is 1. The molecule has 0 saturated carbocycles. The third-order valence-corrected chi connectivity index (χ3v) is 2.51. The van der Waals surface area contributed by atoms with Gasteiger partial charge in [-0.1, -0.05) is 13.0 Å². The smallest absolute Gasteiger partial charge is 0.306 e. The van der Waals surface area contributed by atoms with Gasteiger partial charge < -0.3 is 10.2 Å². The van der Waals surface area contributed by atoms with Gasteiger partial charge in [-0.3, -0.25) is 4.79 Å². The second-order valence-corrected chi connectivity index (χ2v) is 3.95. The first-order valence-electron chi connectivity index (χ1n) is 5.10. The number of aliphatic carboxylic acids is 1. The molecule has 0 aromatic heterocycles. The van der Waals surface area contributed by atoms with Gasteiger partial charge in [-0.2, -0.15) is 0 Å². The fraction of sp³-hybridized carbons (Fsp3) is 0.417. The van der Waals surface area contributed by atoms with E-state index in [-0.39, 0.29) is 12.2 Å². The van der Waals surface area contributed by atoms with Crippen molar-refractivity contribution in [3.63, 3.8) is 0 Å². The maximum Gasteiger partial charge on any atom is 0.306 e. The molecule has 0 fully saturated rings. The van der Waals surface area contributed by atoms with Crippen LogP contribution in [0.3, 0.4) is 0 Å². The second-order valence-electron chi connectivity index (χ2n) is 3.95. The van der Waals surface area contributed by atoms with Gasteiger partial charge in [0.1, 0.15) is 11.9 Å². The summed E-state index contributed by atoms with van der Waals surface area (Å²) < 4.78 is 13.0. The summed E-state index contributed by atoms with van der Waals surface area (Å²) in [5.74, 6) is -1.52. The number of benzene rings is 1. The highest BCUT2D eigenvalue weighted by atomic mass is 19.1. The van der Waals surface area contributed by atoms with Crippen LogP contribution in [0.4, 0.5) is 4.39 Å². The molecule has 3 nitrogen and oxygen atoms in total. The van der Waals surface area contributed by atoms with Gasteiger partial charge in [-0.25, -0.2) is 4.39 Å². The summed E-state index contributed by atoms with van der Waals surface area (Å²) in [7, 11) is 0. The van der Waals surface area contributed by atoms with Crippen LogP contribution in [0.5, 0.6) is 5.75 Å².